The van der Waals surface area contributed by atoms with Gasteiger partial charge in [-0.1, -0.05) is 31.4 Å². The van der Waals surface area contributed by atoms with Crippen LogP contribution in [0.5, 0.6) is 11.5 Å². The molecule has 2 saturated heterocycles. The van der Waals surface area contributed by atoms with Crippen molar-refractivity contribution in [2.45, 2.75) is 64.8 Å². The minimum absolute atomic E-state index is 0.0188. The molecule has 4 heterocycles. The molecule has 3 aromatic rings. The van der Waals surface area contributed by atoms with Crippen LogP contribution in [0.1, 0.15) is 45.1 Å². The van der Waals surface area contributed by atoms with Gasteiger partial charge in [-0.3, -0.25) is 9.69 Å². The number of amides is 3. The highest BCUT2D eigenvalue weighted by Crippen LogP contribution is 2.35. The quantitative estimate of drug-likeness (QED) is 0.329. The van der Waals surface area contributed by atoms with E-state index in [1.807, 2.05) is 29.2 Å². The number of β-amino-alcohol motifs (C(OH)–C–C–N with tert-alkyl or cyclic N) is 1. The number of hydrogen-bond acceptors (Lipinski definition) is 6. The summed E-state index contributed by atoms with van der Waals surface area (Å²) in [6.07, 6.45) is 6.89. The molecule has 0 spiro atoms. The van der Waals surface area contributed by atoms with Crippen molar-refractivity contribution >= 4 is 40.3 Å². The summed E-state index contributed by atoms with van der Waals surface area (Å²) in [5.74, 6) is 1.17. The maximum atomic E-state index is 13.9. The molecule has 0 radical (unpaired) electrons. The third kappa shape index (κ3) is 6.08. The number of aliphatic hydroxyl groups excluding tert-OH is 1. The van der Waals surface area contributed by atoms with Crippen LogP contribution in [-0.2, 0) is 17.9 Å². The summed E-state index contributed by atoms with van der Waals surface area (Å²) in [4.78, 5) is 36.3. The summed E-state index contributed by atoms with van der Waals surface area (Å²) in [6, 6.07) is 7.41. The molecule has 0 unspecified atom stereocenters. The Kier molecular flexibility index (Phi) is 8.89. The molecule has 1 atom stereocenters. The van der Waals surface area contributed by atoms with Crippen LogP contribution in [0.4, 0.5) is 10.5 Å². The van der Waals surface area contributed by atoms with E-state index >= 15 is 0 Å². The van der Waals surface area contributed by atoms with Crippen LogP contribution in [0.2, 0.25) is 5.02 Å². The molecule has 2 aliphatic heterocycles. The Morgan fingerprint density at radius 2 is 2.00 bits per heavy atom. The largest absolute Gasteiger partial charge is 0.493 e. The summed E-state index contributed by atoms with van der Waals surface area (Å²) in [5.41, 5.74) is 2.22. The average Bonchev–Trinajstić information content (AvgIpc) is 3.27. The third-order valence-corrected chi connectivity index (χ3v) is 8.19. The Bertz CT molecular complexity index is 1410. The number of nitrogens with zero attached hydrogens (tertiary/aromatic N) is 5. The third-order valence-electron chi connectivity index (χ3n) is 7.90. The summed E-state index contributed by atoms with van der Waals surface area (Å²) in [5, 5.41) is 10.8. The maximum Gasteiger partial charge on any atom is 0.325 e. The number of urea groups is 1. The van der Waals surface area contributed by atoms with Crippen LogP contribution in [0.3, 0.4) is 0 Å². The van der Waals surface area contributed by atoms with E-state index in [0.29, 0.717) is 55.0 Å². The lowest BCUT2D eigenvalue weighted by Gasteiger charge is -2.40. The number of carbonyl (C=O) groups is 2. The van der Waals surface area contributed by atoms with Crippen molar-refractivity contribution in [1.29, 1.82) is 0 Å². The first kappa shape index (κ1) is 29.0. The summed E-state index contributed by atoms with van der Waals surface area (Å²) in [6.45, 7) is 6.51. The molecule has 0 bridgehead atoms. The van der Waals surface area contributed by atoms with Gasteiger partial charge in [0, 0.05) is 61.8 Å². The molecular formula is C30H38ClN5O5. The van der Waals surface area contributed by atoms with Crippen molar-refractivity contribution < 1.29 is 24.2 Å². The van der Waals surface area contributed by atoms with E-state index in [9.17, 15) is 14.7 Å². The molecule has 2 fully saturated rings. The first-order chi connectivity index (χ1) is 19.8. The normalized spacial score (nSPS) is 17.7. The first-order valence-corrected chi connectivity index (χ1v) is 14.7. The number of ether oxygens (including phenoxy) is 2. The average molecular weight is 584 g/mol. The predicted octanol–water partition coefficient (Wildman–Crippen LogP) is 4.69. The molecule has 41 heavy (non-hydrogen) atoms. The van der Waals surface area contributed by atoms with Crippen LogP contribution in [0.15, 0.2) is 36.7 Å². The van der Waals surface area contributed by atoms with E-state index in [4.69, 9.17) is 21.1 Å². The van der Waals surface area contributed by atoms with Gasteiger partial charge in [0.25, 0.3) is 0 Å². The Balaban J connectivity index is 1.36. The van der Waals surface area contributed by atoms with Crippen LogP contribution in [-0.4, -0.2) is 81.9 Å². The fraction of sp³-hybridized carbons (Fsp3) is 0.500. The molecule has 10 nitrogen and oxygen atoms in total. The number of pyridine rings is 1. The van der Waals surface area contributed by atoms with E-state index in [1.165, 1.54) is 0 Å². The van der Waals surface area contributed by atoms with E-state index in [0.717, 1.165) is 42.3 Å². The number of unbranched alkanes of at least 4 members (excludes halogenated alkanes) is 2. The zero-order valence-electron chi connectivity index (χ0n) is 23.9. The van der Waals surface area contributed by atoms with Gasteiger partial charge < -0.3 is 28.9 Å². The van der Waals surface area contributed by atoms with Gasteiger partial charge in [-0.2, -0.15) is 0 Å². The number of fused-ring (bicyclic) bond motifs is 1. The zero-order valence-corrected chi connectivity index (χ0v) is 24.6. The summed E-state index contributed by atoms with van der Waals surface area (Å²) >= 11 is 6.67. The Labute approximate surface area is 245 Å². The number of likely N-dealkylation sites (tertiary alicyclic amines) is 1. The number of carbonyl (C=O) groups excluding carboxylic acids is 2. The minimum Gasteiger partial charge on any atom is -0.493 e. The Morgan fingerprint density at radius 1 is 1.20 bits per heavy atom. The van der Waals surface area contributed by atoms with E-state index in [1.54, 1.807) is 33.9 Å². The smallest absolute Gasteiger partial charge is 0.325 e. The van der Waals surface area contributed by atoms with Gasteiger partial charge in [0.2, 0.25) is 5.91 Å². The number of halogens is 1. The van der Waals surface area contributed by atoms with Crippen molar-refractivity contribution in [3.8, 4) is 11.5 Å². The van der Waals surface area contributed by atoms with E-state index < -0.39 is 6.10 Å². The highest BCUT2D eigenvalue weighted by atomic mass is 35.5. The van der Waals surface area contributed by atoms with Gasteiger partial charge in [-0.15, -0.1) is 0 Å². The summed E-state index contributed by atoms with van der Waals surface area (Å²) in [7, 11) is 1.61. The van der Waals surface area contributed by atoms with Crippen molar-refractivity contribution in [3.63, 3.8) is 0 Å². The molecule has 1 aromatic carbocycles. The fourth-order valence-corrected chi connectivity index (χ4v) is 5.75. The second-order valence-corrected chi connectivity index (χ2v) is 11.2. The number of benzene rings is 1. The number of hydrogen-bond donors (Lipinski definition) is 1. The SMILES string of the molecule is CCCCCOc1cc(N2CC[C@H](C)N(Cc3ccnc4c3c(Cl)cn4CC(=O)N3CC(O)C3)C2=O)ccc1OC. The monoisotopic (exact) mass is 583 g/mol. The van der Waals surface area contributed by atoms with Crippen LogP contribution >= 0.6 is 11.6 Å². The Hall–Kier alpha value is -3.50. The van der Waals surface area contributed by atoms with Crippen LogP contribution in [0.25, 0.3) is 11.0 Å². The lowest BCUT2D eigenvalue weighted by atomic mass is 10.1. The predicted molar refractivity (Wildman–Crippen MR) is 158 cm³/mol. The number of rotatable bonds is 11. The highest BCUT2D eigenvalue weighted by molar-refractivity contribution is 6.35. The van der Waals surface area contributed by atoms with Gasteiger partial charge in [0.15, 0.2) is 11.5 Å². The molecule has 220 valence electrons. The topological polar surface area (TPSA) is 100 Å². The van der Waals surface area contributed by atoms with Crippen molar-refractivity contribution in [3.05, 3.63) is 47.2 Å². The molecule has 2 aromatic heterocycles. The van der Waals surface area contributed by atoms with Gasteiger partial charge in [-0.25, -0.2) is 9.78 Å². The number of aromatic nitrogens is 2. The minimum atomic E-state index is -0.458. The fourth-order valence-electron chi connectivity index (χ4n) is 5.42. The van der Waals surface area contributed by atoms with E-state index in [2.05, 4.69) is 18.8 Å². The lowest BCUT2D eigenvalue weighted by molar-refractivity contribution is -0.141. The van der Waals surface area contributed by atoms with Gasteiger partial charge in [0.1, 0.15) is 12.2 Å². The van der Waals surface area contributed by atoms with Gasteiger partial charge in [0.05, 0.1) is 24.8 Å². The second-order valence-electron chi connectivity index (χ2n) is 10.8. The lowest BCUT2D eigenvalue weighted by Crippen LogP contribution is -2.54. The number of aliphatic hydroxyl groups is 1. The van der Waals surface area contributed by atoms with E-state index in [-0.39, 0.29) is 24.5 Å². The van der Waals surface area contributed by atoms with Crippen molar-refractivity contribution in [2.24, 2.45) is 0 Å². The zero-order chi connectivity index (χ0) is 29.1. The molecule has 3 amide bonds. The molecule has 0 saturated carbocycles. The van der Waals surface area contributed by atoms with Crippen molar-refractivity contribution in [2.75, 3.05) is 38.3 Å². The van der Waals surface area contributed by atoms with Gasteiger partial charge >= 0.3 is 6.03 Å². The number of methoxy groups -OCH3 is 1. The van der Waals surface area contributed by atoms with Crippen molar-refractivity contribution in [1.82, 2.24) is 19.4 Å². The van der Waals surface area contributed by atoms with Crippen LogP contribution < -0.4 is 14.4 Å². The standard InChI is InChI=1S/C30H38ClN5O5/c1-4-5-6-13-41-26-14-22(7-8-25(26)40-3)35-12-10-20(2)36(30(35)39)15-21-9-11-32-29-28(21)24(31)18-34(29)19-27(38)33-16-23(37)17-33/h7-9,11,14,18,20,23,37H,4-6,10,12-13,15-17,19H2,1-3H3/t20-/m0/s1. The molecule has 11 heteroatoms. The van der Waals surface area contributed by atoms with Crippen LogP contribution in [0, 0.1) is 0 Å². The molecule has 5 rings (SSSR count). The highest BCUT2D eigenvalue weighted by Gasteiger charge is 2.33. The number of anilines is 1. The second kappa shape index (κ2) is 12.6. The molecule has 0 aliphatic carbocycles. The molecule has 2 aliphatic rings. The maximum absolute atomic E-state index is 13.9. The summed E-state index contributed by atoms with van der Waals surface area (Å²) < 4.78 is 13.3. The van der Waals surface area contributed by atoms with Gasteiger partial charge in [-0.05, 0) is 43.5 Å². The molecule has 1 N–H and O–H groups in total. The Morgan fingerprint density at radius 3 is 2.73 bits per heavy atom. The first-order valence-electron chi connectivity index (χ1n) is 14.3. The molecular weight excluding hydrogens is 546 g/mol.